The van der Waals surface area contributed by atoms with Crippen molar-refractivity contribution in [3.8, 4) is 0 Å². The van der Waals surface area contributed by atoms with Crippen LogP contribution in [0.25, 0.3) is 5.76 Å². The van der Waals surface area contributed by atoms with Crippen molar-refractivity contribution in [2.24, 2.45) is 0 Å². The summed E-state index contributed by atoms with van der Waals surface area (Å²) < 4.78 is 4.75. The number of aliphatic hydroxyl groups is 1. The quantitative estimate of drug-likeness (QED) is 0.132. The van der Waals surface area contributed by atoms with Gasteiger partial charge >= 0.3 is 11.9 Å². The maximum absolute atomic E-state index is 13.2. The zero-order valence-corrected chi connectivity index (χ0v) is 19.8. The van der Waals surface area contributed by atoms with Gasteiger partial charge in [0, 0.05) is 22.7 Å². The zero-order valence-electron chi connectivity index (χ0n) is 18.2. The molecule has 1 fully saturated rings. The minimum absolute atomic E-state index is 0.0310. The van der Waals surface area contributed by atoms with E-state index >= 15 is 0 Å². The molecule has 10 nitrogen and oxygen atoms in total. The summed E-state index contributed by atoms with van der Waals surface area (Å²) in [7, 11) is 1.20. The number of ketones is 1. The van der Waals surface area contributed by atoms with Gasteiger partial charge in [0.1, 0.15) is 10.6 Å². The summed E-state index contributed by atoms with van der Waals surface area (Å²) in [5.41, 5.74) is 0.418. The number of carbonyl (C=O) groups is 3. The first kappa shape index (κ1) is 24.0. The van der Waals surface area contributed by atoms with Crippen molar-refractivity contribution < 1.29 is 29.2 Å². The third kappa shape index (κ3) is 4.27. The van der Waals surface area contributed by atoms with Crippen LogP contribution in [0, 0.1) is 17.0 Å². The van der Waals surface area contributed by atoms with Gasteiger partial charge in [-0.25, -0.2) is 9.78 Å². The number of hydrogen-bond donors (Lipinski definition) is 1. The van der Waals surface area contributed by atoms with E-state index in [1.165, 1.54) is 55.6 Å². The highest BCUT2D eigenvalue weighted by atomic mass is 35.5. The minimum Gasteiger partial charge on any atom is -0.507 e. The van der Waals surface area contributed by atoms with Crippen molar-refractivity contribution in [1.82, 2.24) is 4.98 Å². The molecule has 2 aromatic carbocycles. The van der Waals surface area contributed by atoms with E-state index in [1.54, 1.807) is 6.92 Å². The van der Waals surface area contributed by atoms with Crippen molar-refractivity contribution in [3.05, 3.63) is 90.9 Å². The van der Waals surface area contributed by atoms with Crippen LogP contribution in [0.15, 0.2) is 54.1 Å². The summed E-state index contributed by atoms with van der Waals surface area (Å²) in [6.45, 7) is 1.55. The number of thiazole rings is 1. The second kappa shape index (κ2) is 9.28. The number of ether oxygens (including phenoxy) is 1. The Morgan fingerprint density at radius 3 is 2.37 bits per heavy atom. The van der Waals surface area contributed by atoms with Crippen LogP contribution in [0.4, 0.5) is 10.8 Å². The van der Waals surface area contributed by atoms with Crippen LogP contribution >= 0.6 is 22.9 Å². The van der Waals surface area contributed by atoms with Crippen LogP contribution < -0.4 is 4.90 Å². The number of aryl methyl sites for hydroxylation is 1. The number of non-ortho nitro benzene ring substituents is 1. The van der Waals surface area contributed by atoms with Gasteiger partial charge in [0.25, 0.3) is 11.5 Å². The van der Waals surface area contributed by atoms with E-state index in [1.807, 2.05) is 0 Å². The molecular weight excluding hydrogens is 498 g/mol. The van der Waals surface area contributed by atoms with Gasteiger partial charge in [0.15, 0.2) is 5.13 Å². The lowest BCUT2D eigenvalue weighted by atomic mass is 9.95. The Morgan fingerprint density at radius 1 is 1.17 bits per heavy atom. The molecule has 1 aromatic heterocycles. The molecule has 1 atom stereocenters. The lowest BCUT2D eigenvalue weighted by Gasteiger charge is -2.22. The summed E-state index contributed by atoms with van der Waals surface area (Å²) in [4.78, 5) is 54.5. The molecule has 1 amide bonds. The number of nitro groups is 1. The molecule has 4 rings (SSSR count). The maximum atomic E-state index is 13.2. The summed E-state index contributed by atoms with van der Waals surface area (Å²) in [6.07, 6.45) is 0. The van der Waals surface area contributed by atoms with Crippen LogP contribution in [-0.4, -0.2) is 39.8 Å². The van der Waals surface area contributed by atoms with Crippen molar-refractivity contribution in [2.75, 3.05) is 12.0 Å². The smallest absolute Gasteiger partial charge is 0.350 e. The SMILES string of the molecule is COC(=O)c1sc(N2C(=O)C(=O)/C(=C(/O)c3ccc(Cl)cc3)[C@H]2c2ccc([N+](=O)[O-])cc2)nc1C. The molecule has 0 bridgehead atoms. The van der Waals surface area contributed by atoms with Gasteiger partial charge in [-0.1, -0.05) is 22.9 Å². The van der Waals surface area contributed by atoms with Crippen molar-refractivity contribution in [3.63, 3.8) is 0 Å². The first-order chi connectivity index (χ1) is 16.6. The largest absolute Gasteiger partial charge is 0.507 e. The number of Topliss-reactive ketones (excluding diaryl/α,β-unsaturated/α-hetero) is 1. The predicted molar refractivity (Wildman–Crippen MR) is 128 cm³/mol. The molecule has 1 aliphatic heterocycles. The van der Waals surface area contributed by atoms with Crippen LogP contribution in [0.2, 0.25) is 5.02 Å². The molecule has 0 unspecified atom stereocenters. The van der Waals surface area contributed by atoms with Crippen LogP contribution in [-0.2, 0) is 14.3 Å². The van der Waals surface area contributed by atoms with E-state index in [9.17, 15) is 29.6 Å². The molecule has 1 saturated heterocycles. The lowest BCUT2D eigenvalue weighted by Crippen LogP contribution is -2.29. The normalized spacial score (nSPS) is 17.0. The number of aliphatic hydroxyl groups excluding tert-OH is 1. The highest BCUT2D eigenvalue weighted by molar-refractivity contribution is 7.17. The molecule has 12 heteroatoms. The number of rotatable bonds is 5. The van der Waals surface area contributed by atoms with Gasteiger partial charge in [-0.2, -0.15) is 0 Å². The Bertz CT molecular complexity index is 1400. The van der Waals surface area contributed by atoms with Gasteiger partial charge in [0.2, 0.25) is 0 Å². The number of anilines is 1. The fraction of sp³-hybridized carbons (Fsp3) is 0.130. The number of benzene rings is 2. The zero-order chi connectivity index (χ0) is 25.4. The Balaban J connectivity index is 1.93. The first-order valence-corrected chi connectivity index (χ1v) is 11.2. The topological polar surface area (TPSA) is 140 Å². The fourth-order valence-corrected chi connectivity index (χ4v) is 4.79. The van der Waals surface area contributed by atoms with Gasteiger partial charge in [-0.05, 0) is 48.9 Å². The van der Waals surface area contributed by atoms with Crippen LogP contribution in [0.5, 0.6) is 0 Å². The van der Waals surface area contributed by atoms with Gasteiger partial charge in [-0.3, -0.25) is 24.6 Å². The number of amides is 1. The Kier molecular flexibility index (Phi) is 6.37. The molecule has 0 spiro atoms. The molecule has 3 aromatic rings. The maximum Gasteiger partial charge on any atom is 0.350 e. The highest BCUT2D eigenvalue weighted by Crippen LogP contribution is 2.44. The number of halogens is 1. The number of nitrogens with zero attached hydrogens (tertiary/aromatic N) is 3. The van der Waals surface area contributed by atoms with Gasteiger partial charge in [0.05, 0.1) is 29.3 Å². The molecule has 0 radical (unpaired) electrons. The summed E-state index contributed by atoms with van der Waals surface area (Å²) in [5, 5.41) is 22.6. The summed E-state index contributed by atoms with van der Waals surface area (Å²) in [5.74, 6) is -3.06. The number of nitro benzene ring substituents is 1. The van der Waals surface area contributed by atoms with E-state index in [2.05, 4.69) is 4.98 Å². The molecule has 0 aliphatic carbocycles. The van der Waals surface area contributed by atoms with E-state index in [4.69, 9.17) is 16.3 Å². The predicted octanol–water partition coefficient (Wildman–Crippen LogP) is 4.43. The second-order valence-corrected chi connectivity index (χ2v) is 8.84. The minimum atomic E-state index is -1.16. The van der Waals surface area contributed by atoms with E-state index in [0.717, 1.165) is 16.2 Å². The molecule has 1 N–H and O–H groups in total. The monoisotopic (exact) mass is 513 g/mol. The molecular formula is C23H16ClN3O7S. The van der Waals surface area contributed by atoms with Crippen LogP contribution in [0.1, 0.15) is 32.5 Å². The summed E-state index contributed by atoms with van der Waals surface area (Å²) >= 11 is 6.77. The van der Waals surface area contributed by atoms with Crippen molar-refractivity contribution >= 4 is 57.2 Å². The number of methoxy groups -OCH3 is 1. The first-order valence-electron chi connectivity index (χ1n) is 10.0. The Morgan fingerprint density at radius 2 is 1.80 bits per heavy atom. The summed E-state index contributed by atoms with van der Waals surface area (Å²) in [6, 6.07) is 10.1. The molecule has 0 saturated carbocycles. The number of carbonyl (C=O) groups excluding carboxylic acids is 3. The van der Waals surface area contributed by atoms with E-state index < -0.39 is 34.4 Å². The average molecular weight is 514 g/mol. The Labute approximate surface area is 207 Å². The van der Waals surface area contributed by atoms with Gasteiger partial charge in [-0.15, -0.1) is 0 Å². The molecule has 2 heterocycles. The fourth-order valence-electron chi connectivity index (χ4n) is 3.65. The number of esters is 1. The highest BCUT2D eigenvalue weighted by Gasteiger charge is 2.48. The molecule has 178 valence electrons. The van der Waals surface area contributed by atoms with E-state index in [0.29, 0.717) is 16.3 Å². The third-order valence-electron chi connectivity index (χ3n) is 5.34. The van der Waals surface area contributed by atoms with Crippen molar-refractivity contribution in [1.29, 1.82) is 0 Å². The van der Waals surface area contributed by atoms with Gasteiger partial charge < -0.3 is 9.84 Å². The van der Waals surface area contributed by atoms with E-state index in [-0.39, 0.29) is 26.8 Å². The standard InChI is InChI=1S/C23H16ClN3O7S/c1-11-20(22(31)34-2)35-23(25-11)26-17(12-5-9-15(10-6-12)27(32)33)16(19(29)21(26)30)18(28)13-3-7-14(24)8-4-13/h3-10,17,28H,1-2H3/b18-16+/t17-/m1/s1. The van der Waals surface area contributed by atoms with Crippen molar-refractivity contribution in [2.45, 2.75) is 13.0 Å². The molecule has 1 aliphatic rings. The molecule has 35 heavy (non-hydrogen) atoms. The second-order valence-electron chi connectivity index (χ2n) is 7.43. The lowest BCUT2D eigenvalue weighted by molar-refractivity contribution is -0.384. The van der Waals surface area contributed by atoms with Crippen LogP contribution in [0.3, 0.4) is 0 Å². The average Bonchev–Trinajstić information content (AvgIpc) is 3.35. The number of aromatic nitrogens is 1. The number of hydrogen-bond acceptors (Lipinski definition) is 9. The third-order valence-corrected chi connectivity index (χ3v) is 6.73. The Hall–Kier alpha value is -4.09.